The molecule has 0 N–H and O–H groups in total. The summed E-state index contributed by atoms with van der Waals surface area (Å²) >= 11 is 0. The number of alkyl halides is 2. The van der Waals surface area contributed by atoms with Gasteiger partial charge in [0.2, 0.25) is 5.78 Å². The number of halogens is 2. The lowest BCUT2D eigenvalue weighted by atomic mass is 10.3. The fourth-order valence-corrected chi connectivity index (χ4v) is 0.768. The van der Waals surface area contributed by atoms with Gasteiger partial charge in [0.05, 0.1) is 0 Å². The first-order chi connectivity index (χ1) is 4.73. The number of Topliss-reactive ketones (excluding diaryl/α,β-unsaturated/α-hetero) is 1. The van der Waals surface area contributed by atoms with Gasteiger partial charge >= 0.3 is 5.25 Å². The van der Waals surface area contributed by atoms with E-state index in [2.05, 4.69) is 0 Å². The van der Waals surface area contributed by atoms with E-state index in [4.69, 9.17) is 0 Å². The van der Waals surface area contributed by atoms with Gasteiger partial charge < -0.3 is 4.55 Å². The van der Waals surface area contributed by atoms with Crippen molar-refractivity contribution in [3.63, 3.8) is 0 Å². The van der Waals surface area contributed by atoms with Crippen molar-refractivity contribution < 1.29 is 26.5 Å². The molecule has 0 radical (unpaired) electrons. The van der Waals surface area contributed by atoms with Gasteiger partial charge in [-0.1, -0.05) is 6.92 Å². The van der Waals surface area contributed by atoms with Crippen LogP contribution in [0.1, 0.15) is 13.3 Å². The Bertz CT molecular complexity index is 255. The maximum Gasteiger partial charge on any atom is 0.391 e. The van der Waals surface area contributed by atoms with Crippen molar-refractivity contribution in [1.82, 2.24) is 0 Å². The highest BCUT2D eigenvalue weighted by atomic mass is 32.2. The lowest BCUT2D eigenvalue weighted by molar-refractivity contribution is -0.133. The van der Waals surface area contributed by atoms with Crippen LogP contribution in [0.2, 0.25) is 0 Å². The maximum atomic E-state index is 12.1. The molecule has 66 valence electrons. The molecule has 0 atom stereocenters. The SMILES string of the molecule is CCC(=O)C(F)(F)S(=O)(=O)[O-]. The van der Waals surface area contributed by atoms with Gasteiger partial charge in [0.15, 0.2) is 10.1 Å². The molecule has 0 bridgehead atoms. The second-order valence-corrected chi connectivity index (χ2v) is 3.17. The van der Waals surface area contributed by atoms with Crippen molar-refractivity contribution in [2.45, 2.75) is 18.6 Å². The predicted molar refractivity (Wildman–Crippen MR) is 29.9 cm³/mol. The zero-order valence-electron chi connectivity index (χ0n) is 5.50. The highest BCUT2D eigenvalue weighted by Gasteiger charge is 2.44. The summed E-state index contributed by atoms with van der Waals surface area (Å²) in [6, 6.07) is 0. The summed E-state index contributed by atoms with van der Waals surface area (Å²) < 4.78 is 53.3. The van der Waals surface area contributed by atoms with Crippen LogP contribution >= 0.6 is 0 Å². The molecule has 0 aliphatic rings. The predicted octanol–water partition coefficient (Wildman–Crippen LogP) is 0.104. The molecule has 0 aliphatic heterocycles. The molecular weight excluding hydrogens is 182 g/mol. The Kier molecular flexibility index (Phi) is 2.68. The van der Waals surface area contributed by atoms with Crippen LogP contribution in [0.15, 0.2) is 0 Å². The molecule has 7 heteroatoms. The molecular formula is C4H5F2O4S-. The number of rotatable bonds is 3. The molecule has 0 saturated carbocycles. The van der Waals surface area contributed by atoms with Gasteiger partial charge in [0.1, 0.15) is 0 Å². The van der Waals surface area contributed by atoms with Crippen molar-refractivity contribution in [3.8, 4) is 0 Å². The van der Waals surface area contributed by atoms with Crippen LogP contribution in [-0.4, -0.2) is 24.0 Å². The van der Waals surface area contributed by atoms with Gasteiger partial charge in [-0.3, -0.25) is 4.79 Å². The molecule has 0 saturated heterocycles. The molecule has 0 spiro atoms. The topological polar surface area (TPSA) is 74.3 Å². The van der Waals surface area contributed by atoms with Crippen LogP contribution in [-0.2, 0) is 14.9 Å². The first kappa shape index (κ1) is 10.4. The van der Waals surface area contributed by atoms with E-state index in [-0.39, 0.29) is 0 Å². The van der Waals surface area contributed by atoms with Gasteiger partial charge in [-0.2, -0.15) is 8.78 Å². The van der Waals surface area contributed by atoms with Crippen LogP contribution in [0.5, 0.6) is 0 Å². The third kappa shape index (κ3) is 1.93. The third-order valence-electron chi connectivity index (χ3n) is 0.960. The minimum Gasteiger partial charge on any atom is -0.743 e. The fraction of sp³-hybridized carbons (Fsp3) is 0.750. The number of carbonyl (C=O) groups excluding carboxylic acids is 1. The van der Waals surface area contributed by atoms with Crippen molar-refractivity contribution in [1.29, 1.82) is 0 Å². The van der Waals surface area contributed by atoms with Crippen molar-refractivity contribution >= 4 is 15.9 Å². The Balaban J connectivity index is 4.90. The van der Waals surface area contributed by atoms with Crippen molar-refractivity contribution in [3.05, 3.63) is 0 Å². The zero-order chi connectivity index (χ0) is 9.28. The molecule has 0 rings (SSSR count). The van der Waals surface area contributed by atoms with Gasteiger partial charge in [-0.25, -0.2) is 8.42 Å². The molecule has 0 aromatic rings. The van der Waals surface area contributed by atoms with E-state index in [1.165, 1.54) is 0 Å². The van der Waals surface area contributed by atoms with Crippen LogP contribution in [0.25, 0.3) is 0 Å². The quantitative estimate of drug-likeness (QED) is 0.587. The van der Waals surface area contributed by atoms with E-state index in [0.29, 0.717) is 0 Å². The first-order valence-corrected chi connectivity index (χ1v) is 4.01. The number of carbonyl (C=O) groups is 1. The summed E-state index contributed by atoms with van der Waals surface area (Å²) in [5.41, 5.74) is 0. The summed E-state index contributed by atoms with van der Waals surface area (Å²) in [5, 5.41) is -4.78. The lowest BCUT2D eigenvalue weighted by Crippen LogP contribution is -2.37. The van der Waals surface area contributed by atoms with E-state index >= 15 is 0 Å². The van der Waals surface area contributed by atoms with Crippen molar-refractivity contribution in [2.75, 3.05) is 0 Å². The van der Waals surface area contributed by atoms with E-state index in [1.807, 2.05) is 0 Å². The molecule has 11 heavy (non-hydrogen) atoms. The fourth-order valence-electron chi connectivity index (χ4n) is 0.345. The molecule has 0 aromatic carbocycles. The van der Waals surface area contributed by atoms with Crippen LogP contribution in [0.4, 0.5) is 8.78 Å². The smallest absolute Gasteiger partial charge is 0.391 e. The van der Waals surface area contributed by atoms with E-state index in [0.717, 1.165) is 6.92 Å². The Morgan fingerprint density at radius 2 is 1.91 bits per heavy atom. The average Bonchev–Trinajstić information content (AvgIpc) is 1.83. The number of hydrogen-bond donors (Lipinski definition) is 0. The second-order valence-electron chi connectivity index (χ2n) is 1.75. The van der Waals surface area contributed by atoms with E-state index in [1.54, 1.807) is 0 Å². The van der Waals surface area contributed by atoms with Crippen LogP contribution < -0.4 is 0 Å². The zero-order valence-corrected chi connectivity index (χ0v) is 6.32. The van der Waals surface area contributed by atoms with Gasteiger partial charge in [0, 0.05) is 6.42 Å². The standard InChI is InChI=1S/C4H6F2O4S/c1-2-3(7)4(5,6)11(8,9)10/h2H2,1H3,(H,8,9,10)/p-1. The maximum absolute atomic E-state index is 12.1. The summed E-state index contributed by atoms with van der Waals surface area (Å²) in [6.07, 6.45) is -0.686. The molecule has 0 aromatic heterocycles. The van der Waals surface area contributed by atoms with Gasteiger partial charge in [0.25, 0.3) is 0 Å². The van der Waals surface area contributed by atoms with Crippen LogP contribution in [0.3, 0.4) is 0 Å². The molecule has 4 nitrogen and oxygen atoms in total. The Morgan fingerprint density at radius 1 is 1.55 bits per heavy atom. The average molecular weight is 187 g/mol. The summed E-state index contributed by atoms with van der Waals surface area (Å²) in [5.74, 6) is -1.88. The second kappa shape index (κ2) is 2.82. The highest BCUT2D eigenvalue weighted by molar-refractivity contribution is 7.87. The van der Waals surface area contributed by atoms with E-state index in [9.17, 15) is 26.5 Å². The van der Waals surface area contributed by atoms with E-state index < -0.39 is 27.6 Å². The van der Waals surface area contributed by atoms with Crippen LogP contribution in [0, 0.1) is 0 Å². The van der Waals surface area contributed by atoms with Gasteiger partial charge in [-0.15, -0.1) is 0 Å². The normalized spacial score (nSPS) is 13.1. The molecule has 0 heterocycles. The van der Waals surface area contributed by atoms with Gasteiger partial charge in [-0.05, 0) is 0 Å². The minimum absolute atomic E-state index is 0.686. The Labute approximate surface area is 62.0 Å². The first-order valence-electron chi connectivity index (χ1n) is 2.60. The summed E-state index contributed by atoms with van der Waals surface area (Å²) in [4.78, 5) is 10.2. The third-order valence-corrected chi connectivity index (χ3v) is 1.82. The molecule has 0 unspecified atom stereocenters. The molecule has 0 aliphatic carbocycles. The number of ketones is 1. The largest absolute Gasteiger partial charge is 0.743 e. The Morgan fingerprint density at radius 3 is 2.00 bits per heavy atom. The monoisotopic (exact) mass is 187 g/mol. The summed E-state index contributed by atoms with van der Waals surface area (Å²) in [6.45, 7) is 1.04. The lowest BCUT2D eigenvalue weighted by Gasteiger charge is -2.17. The highest BCUT2D eigenvalue weighted by Crippen LogP contribution is 2.22. The molecule has 0 amide bonds. The minimum atomic E-state index is -5.85. The number of hydrogen-bond acceptors (Lipinski definition) is 4. The van der Waals surface area contributed by atoms with Crippen molar-refractivity contribution in [2.24, 2.45) is 0 Å². The summed E-state index contributed by atoms with van der Waals surface area (Å²) in [7, 11) is -5.85. The molecule has 0 fully saturated rings. The Hall–Kier alpha value is -0.560.